The third-order valence-electron chi connectivity index (χ3n) is 3.50. The van der Waals surface area contributed by atoms with Gasteiger partial charge in [0.25, 0.3) is 0 Å². The van der Waals surface area contributed by atoms with Gasteiger partial charge in [0.05, 0.1) is 11.5 Å². The number of sulfone groups is 1. The number of hydrogen-bond acceptors (Lipinski definition) is 4. The largest absolute Gasteiger partial charge is 0.488 e. The Hall–Kier alpha value is -1.92. The second-order valence-electron chi connectivity index (χ2n) is 4.98. The van der Waals surface area contributed by atoms with E-state index in [1.54, 1.807) is 6.07 Å². The number of halogens is 1. The fraction of sp³-hybridized carbons (Fsp3) is 0.200. The van der Waals surface area contributed by atoms with Gasteiger partial charge >= 0.3 is 0 Å². The first kappa shape index (κ1) is 14.0. The number of rotatable bonds is 2. The van der Waals surface area contributed by atoms with Crippen LogP contribution in [0.25, 0.3) is 11.1 Å². The van der Waals surface area contributed by atoms with Crippen LogP contribution in [0.15, 0.2) is 35.2 Å². The average Bonchev–Trinajstić information content (AvgIpc) is 2.45. The number of fused-ring (bicyclic) bond motifs is 3. The molecule has 2 aromatic carbocycles. The zero-order chi connectivity index (χ0) is 15.2. The lowest BCUT2D eigenvalue weighted by Crippen LogP contribution is -2.08. The van der Waals surface area contributed by atoms with Gasteiger partial charge in [0.1, 0.15) is 18.2 Å². The number of hydrogen-bond donors (Lipinski definition) is 1. The Balaban J connectivity index is 2.24. The fourth-order valence-corrected chi connectivity index (χ4v) is 3.01. The smallest absolute Gasteiger partial charge is 0.175 e. The first-order chi connectivity index (χ1) is 9.90. The standard InChI is InChI=1S/C15H13FO4S/c1-21(18,19)11-3-2-9-8-20-15-4-10(7-17)14(16)6-13(15)12(9)5-11/h2-6,17H,7-8H2,1H3. The predicted octanol–water partition coefficient (Wildman–Crippen LogP) is 2.28. The molecule has 0 saturated heterocycles. The van der Waals surface area contributed by atoms with Gasteiger partial charge in [0, 0.05) is 17.4 Å². The minimum Gasteiger partial charge on any atom is -0.488 e. The van der Waals surface area contributed by atoms with Crippen LogP contribution in [0.4, 0.5) is 4.39 Å². The molecule has 0 aromatic heterocycles. The van der Waals surface area contributed by atoms with E-state index < -0.39 is 22.3 Å². The summed E-state index contributed by atoms with van der Waals surface area (Å²) < 4.78 is 42.7. The SMILES string of the molecule is CS(=O)(=O)c1ccc2c(c1)-c1cc(F)c(CO)cc1OC2. The lowest BCUT2D eigenvalue weighted by Gasteiger charge is -2.22. The molecule has 110 valence electrons. The van der Waals surface area contributed by atoms with Crippen molar-refractivity contribution in [3.05, 3.63) is 47.3 Å². The van der Waals surface area contributed by atoms with E-state index in [4.69, 9.17) is 9.84 Å². The summed E-state index contributed by atoms with van der Waals surface area (Å²) in [6, 6.07) is 7.43. The highest BCUT2D eigenvalue weighted by Gasteiger charge is 2.21. The van der Waals surface area contributed by atoms with E-state index in [2.05, 4.69) is 0 Å². The van der Waals surface area contributed by atoms with E-state index in [1.807, 2.05) is 0 Å². The van der Waals surface area contributed by atoms with Gasteiger partial charge in [-0.1, -0.05) is 6.07 Å². The topological polar surface area (TPSA) is 63.6 Å². The highest BCUT2D eigenvalue weighted by Crippen LogP contribution is 2.40. The third kappa shape index (κ3) is 2.41. The Morgan fingerprint density at radius 3 is 2.67 bits per heavy atom. The normalized spacial score (nSPS) is 13.3. The lowest BCUT2D eigenvalue weighted by molar-refractivity contribution is 0.271. The summed E-state index contributed by atoms with van der Waals surface area (Å²) in [4.78, 5) is 0.181. The van der Waals surface area contributed by atoms with E-state index in [0.29, 0.717) is 16.9 Å². The molecule has 0 fully saturated rings. The number of ether oxygens (including phenoxy) is 1. The van der Waals surface area contributed by atoms with Crippen LogP contribution in [0.2, 0.25) is 0 Å². The number of aliphatic hydroxyl groups excluding tert-OH is 1. The Morgan fingerprint density at radius 1 is 1.24 bits per heavy atom. The van der Waals surface area contributed by atoms with E-state index in [1.165, 1.54) is 24.3 Å². The van der Waals surface area contributed by atoms with Gasteiger partial charge in [-0.15, -0.1) is 0 Å². The Bertz CT molecular complexity index is 828. The van der Waals surface area contributed by atoms with Crippen LogP contribution in [-0.2, 0) is 23.1 Å². The minimum absolute atomic E-state index is 0.150. The summed E-state index contributed by atoms with van der Waals surface area (Å²) in [5, 5.41) is 9.09. The van der Waals surface area contributed by atoms with Crippen molar-refractivity contribution < 1.29 is 22.7 Å². The summed E-state index contributed by atoms with van der Waals surface area (Å²) in [5.74, 6) is -0.101. The summed E-state index contributed by atoms with van der Waals surface area (Å²) >= 11 is 0. The minimum atomic E-state index is -3.34. The van der Waals surface area contributed by atoms with Gasteiger partial charge < -0.3 is 9.84 Å². The van der Waals surface area contributed by atoms with Crippen LogP contribution < -0.4 is 4.74 Å². The van der Waals surface area contributed by atoms with E-state index in [-0.39, 0.29) is 17.1 Å². The van der Waals surface area contributed by atoms with Gasteiger partial charge in [0.2, 0.25) is 0 Å². The van der Waals surface area contributed by atoms with Crippen LogP contribution in [-0.4, -0.2) is 19.8 Å². The van der Waals surface area contributed by atoms with Gasteiger partial charge in [-0.05, 0) is 35.4 Å². The molecule has 0 radical (unpaired) electrons. The van der Waals surface area contributed by atoms with Crippen molar-refractivity contribution in [2.75, 3.05) is 6.26 Å². The van der Waals surface area contributed by atoms with Crippen molar-refractivity contribution >= 4 is 9.84 Å². The molecule has 3 rings (SSSR count). The Kier molecular flexibility index (Phi) is 3.22. The molecule has 0 saturated carbocycles. The lowest BCUT2D eigenvalue weighted by atomic mass is 9.96. The molecule has 6 heteroatoms. The van der Waals surface area contributed by atoms with Gasteiger partial charge in [-0.2, -0.15) is 0 Å². The van der Waals surface area contributed by atoms with Crippen LogP contribution in [0, 0.1) is 5.82 Å². The second kappa shape index (κ2) is 4.82. The Morgan fingerprint density at radius 2 is 2.00 bits per heavy atom. The van der Waals surface area contributed by atoms with Crippen LogP contribution in [0.1, 0.15) is 11.1 Å². The second-order valence-corrected chi connectivity index (χ2v) is 6.99. The number of aliphatic hydroxyl groups is 1. The molecule has 2 aromatic rings. The molecule has 21 heavy (non-hydrogen) atoms. The maximum Gasteiger partial charge on any atom is 0.175 e. The zero-order valence-corrected chi connectivity index (χ0v) is 12.1. The quantitative estimate of drug-likeness (QED) is 0.924. The van der Waals surface area contributed by atoms with Crippen molar-refractivity contribution in [2.24, 2.45) is 0 Å². The molecule has 0 atom stereocenters. The average molecular weight is 308 g/mol. The van der Waals surface area contributed by atoms with Gasteiger partial charge in [-0.3, -0.25) is 0 Å². The molecule has 1 aliphatic rings. The molecule has 1 N–H and O–H groups in total. The van der Waals surface area contributed by atoms with Crippen LogP contribution in [0.3, 0.4) is 0 Å². The highest BCUT2D eigenvalue weighted by atomic mass is 32.2. The van der Waals surface area contributed by atoms with Crippen molar-refractivity contribution in [2.45, 2.75) is 18.1 Å². The maximum atomic E-state index is 13.9. The predicted molar refractivity (Wildman–Crippen MR) is 75.2 cm³/mol. The van der Waals surface area contributed by atoms with Gasteiger partial charge in [-0.25, -0.2) is 12.8 Å². The van der Waals surface area contributed by atoms with E-state index >= 15 is 0 Å². The molecule has 1 heterocycles. The van der Waals surface area contributed by atoms with Crippen molar-refractivity contribution in [3.8, 4) is 16.9 Å². The molecule has 4 nitrogen and oxygen atoms in total. The maximum absolute atomic E-state index is 13.9. The van der Waals surface area contributed by atoms with Crippen LogP contribution in [0.5, 0.6) is 5.75 Å². The van der Waals surface area contributed by atoms with Gasteiger partial charge in [0.15, 0.2) is 9.84 Å². The molecular formula is C15H13FO4S. The third-order valence-corrected chi connectivity index (χ3v) is 4.61. The molecular weight excluding hydrogens is 295 g/mol. The highest BCUT2D eigenvalue weighted by molar-refractivity contribution is 7.90. The van der Waals surface area contributed by atoms with Crippen LogP contribution >= 0.6 is 0 Å². The van der Waals surface area contributed by atoms with Crippen molar-refractivity contribution in [1.29, 1.82) is 0 Å². The van der Waals surface area contributed by atoms with E-state index in [9.17, 15) is 12.8 Å². The molecule has 0 unspecified atom stereocenters. The zero-order valence-electron chi connectivity index (χ0n) is 11.3. The Labute approximate surface area is 121 Å². The van der Waals surface area contributed by atoms with Crippen molar-refractivity contribution in [3.63, 3.8) is 0 Å². The van der Waals surface area contributed by atoms with Crippen molar-refractivity contribution in [1.82, 2.24) is 0 Å². The monoisotopic (exact) mass is 308 g/mol. The molecule has 0 spiro atoms. The number of benzene rings is 2. The molecule has 1 aliphatic heterocycles. The molecule has 0 amide bonds. The summed E-state index contributed by atoms with van der Waals surface area (Å²) in [5.41, 5.74) is 2.08. The molecule has 0 bridgehead atoms. The summed E-state index contributed by atoms with van der Waals surface area (Å²) in [7, 11) is -3.34. The summed E-state index contributed by atoms with van der Waals surface area (Å²) in [6.45, 7) is -0.137. The first-order valence-corrected chi connectivity index (χ1v) is 8.18. The fourth-order valence-electron chi connectivity index (χ4n) is 2.36. The molecule has 0 aliphatic carbocycles. The van der Waals surface area contributed by atoms with E-state index in [0.717, 1.165) is 11.8 Å². The summed E-state index contributed by atoms with van der Waals surface area (Å²) in [6.07, 6.45) is 1.13. The first-order valence-electron chi connectivity index (χ1n) is 6.29.